The summed E-state index contributed by atoms with van der Waals surface area (Å²) in [6.07, 6.45) is 3.88. The van der Waals surface area contributed by atoms with Gasteiger partial charge in [0.15, 0.2) is 5.75 Å². The number of hydrogen-bond donors (Lipinski definition) is 1. The number of anilines is 1. The molecule has 2 amide bonds. The number of nitrogens with zero attached hydrogens (tertiary/aromatic N) is 1. The molecule has 1 N–H and O–H groups in total. The van der Waals surface area contributed by atoms with E-state index >= 15 is 0 Å². The van der Waals surface area contributed by atoms with Crippen LogP contribution >= 0.6 is 0 Å². The van der Waals surface area contributed by atoms with Gasteiger partial charge in [-0.1, -0.05) is 12.1 Å². The fourth-order valence-electron chi connectivity index (χ4n) is 2.56. The molecule has 1 atom stereocenters. The van der Waals surface area contributed by atoms with Crippen LogP contribution in [0.2, 0.25) is 0 Å². The Kier molecular flexibility index (Phi) is 5.95. The van der Waals surface area contributed by atoms with Crippen LogP contribution in [-0.2, 0) is 19.1 Å². The quantitative estimate of drug-likeness (QED) is 0.462. The van der Waals surface area contributed by atoms with E-state index in [0.717, 1.165) is 0 Å². The zero-order valence-electron chi connectivity index (χ0n) is 13.7. The number of imide groups is 1. The van der Waals surface area contributed by atoms with E-state index in [1.807, 2.05) is 6.92 Å². The second-order valence-electron chi connectivity index (χ2n) is 5.25. The maximum Gasteiger partial charge on any atom is 0.298 e. The van der Waals surface area contributed by atoms with Gasteiger partial charge in [-0.2, -0.15) is 0 Å². The van der Waals surface area contributed by atoms with Crippen molar-refractivity contribution in [1.82, 2.24) is 5.32 Å². The average molecular weight is 332 g/mol. The average Bonchev–Trinajstić information content (AvgIpc) is 2.56. The van der Waals surface area contributed by atoms with Gasteiger partial charge in [0.25, 0.3) is 6.47 Å². The highest BCUT2D eigenvalue weighted by atomic mass is 16.5. The standard InChI is InChI=1S/C17H20N2O5/c1-3-23-10-9-12-5-4-6-13(16(12)24-11-20)19(2)14-7-8-15(21)18-17(14)22/h4-6,9-11,14H,3,7-8H2,1-2H3,(H,18,21,22)/b10-9+. The molecule has 2 rings (SSSR count). The summed E-state index contributed by atoms with van der Waals surface area (Å²) in [5, 5.41) is 2.32. The Balaban J connectivity index is 2.34. The van der Waals surface area contributed by atoms with E-state index in [1.165, 1.54) is 6.26 Å². The Morgan fingerprint density at radius 1 is 1.38 bits per heavy atom. The number of amides is 2. The van der Waals surface area contributed by atoms with Gasteiger partial charge in [-0.05, 0) is 25.5 Å². The fourth-order valence-corrected chi connectivity index (χ4v) is 2.56. The molecule has 7 nitrogen and oxygen atoms in total. The van der Waals surface area contributed by atoms with Crippen molar-refractivity contribution >= 4 is 30.0 Å². The van der Waals surface area contributed by atoms with Crippen molar-refractivity contribution in [2.45, 2.75) is 25.8 Å². The van der Waals surface area contributed by atoms with Crippen LogP contribution in [0.4, 0.5) is 5.69 Å². The first kappa shape index (κ1) is 17.5. The molecule has 1 saturated heterocycles. The van der Waals surface area contributed by atoms with Gasteiger partial charge in [0.1, 0.15) is 6.04 Å². The lowest BCUT2D eigenvalue weighted by Gasteiger charge is -2.32. The van der Waals surface area contributed by atoms with Crippen molar-refractivity contribution in [3.05, 3.63) is 30.0 Å². The molecule has 1 aliphatic rings. The summed E-state index contributed by atoms with van der Waals surface area (Å²) in [6.45, 7) is 2.73. The van der Waals surface area contributed by atoms with Crippen LogP contribution in [0.1, 0.15) is 25.3 Å². The van der Waals surface area contributed by atoms with Gasteiger partial charge in [0.05, 0.1) is 18.6 Å². The molecular formula is C17H20N2O5. The van der Waals surface area contributed by atoms with Crippen LogP contribution in [0.15, 0.2) is 24.5 Å². The van der Waals surface area contributed by atoms with E-state index in [1.54, 1.807) is 36.2 Å². The summed E-state index contributed by atoms with van der Waals surface area (Å²) in [7, 11) is 1.73. The van der Waals surface area contributed by atoms with Gasteiger partial charge in [-0.3, -0.25) is 19.7 Å². The van der Waals surface area contributed by atoms with E-state index in [2.05, 4.69) is 5.32 Å². The summed E-state index contributed by atoms with van der Waals surface area (Å²) in [6, 6.07) is 4.81. The number of hydrogen-bond acceptors (Lipinski definition) is 6. The topological polar surface area (TPSA) is 84.9 Å². The highest BCUT2D eigenvalue weighted by Crippen LogP contribution is 2.34. The van der Waals surface area contributed by atoms with E-state index in [0.29, 0.717) is 36.5 Å². The number of ether oxygens (including phenoxy) is 2. The number of likely N-dealkylation sites (N-methyl/N-ethyl adjacent to an activating group) is 1. The SMILES string of the molecule is CCO/C=C/c1cccc(N(C)C2CCC(=O)NC2=O)c1OC=O. The third-order valence-corrected chi connectivity index (χ3v) is 3.76. The van der Waals surface area contributed by atoms with Gasteiger partial charge in [0, 0.05) is 19.0 Å². The van der Waals surface area contributed by atoms with Crippen molar-refractivity contribution in [3.63, 3.8) is 0 Å². The number of carbonyl (C=O) groups excluding carboxylic acids is 3. The Morgan fingerprint density at radius 3 is 2.83 bits per heavy atom. The molecule has 1 fully saturated rings. The molecule has 0 radical (unpaired) electrons. The summed E-state index contributed by atoms with van der Waals surface area (Å²) < 4.78 is 10.3. The van der Waals surface area contributed by atoms with Crippen LogP contribution < -0.4 is 15.0 Å². The first-order valence-corrected chi connectivity index (χ1v) is 7.66. The van der Waals surface area contributed by atoms with Gasteiger partial charge >= 0.3 is 0 Å². The van der Waals surface area contributed by atoms with Crippen LogP contribution in [0.3, 0.4) is 0 Å². The predicted molar refractivity (Wildman–Crippen MR) is 88.4 cm³/mol. The largest absolute Gasteiger partial charge is 0.501 e. The molecule has 0 aliphatic carbocycles. The normalized spacial score (nSPS) is 17.5. The van der Waals surface area contributed by atoms with Crippen LogP contribution in [-0.4, -0.2) is 38.0 Å². The van der Waals surface area contributed by atoms with Gasteiger partial charge < -0.3 is 14.4 Å². The van der Waals surface area contributed by atoms with Gasteiger partial charge in [-0.25, -0.2) is 0 Å². The Labute approximate surface area is 140 Å². The molecule has 1 aromatic rings. The number of carbonyl (C=O) groups is 3. The smallest absolute Gasteiger partial charge is 0.298 e. The number of rotatable bonds is 7. The Morgan fingerprint density at radius 2 is 2.17 bits per heavy atom. The first-order chi connectivity index (χ1) is 11.6. The predicted octanol–water partition coefficient (Wildman–Crippen LogP) is 1.47. The van der Waals surface area contributed by atoms with Crippen molar-refractivity contribution < 1.29 is 23.9 Å². The molecule has 0 aromatic heterocycles. The number of piperidine rings is 1. The van der Waals surface area contributed by atoms with E-state index < -0.39 is 6.04 Å². The molecule has 24 heavy (non-hydrogen) atoms. The third-order valence-electron chi connectivity index (χ3n) is 3.76. The molecule has 0 spiro atoms. The van der Waals surface area contributed by atoms with Crippen LogP contribution in [0.25, 0.3) is 6.08 Å². The summed E-state index contributed by atoms with van der Waals surface area (Å²) in [5.74, 6) is -0.306. The van der Waals surface area contributed by atoms with Crippen molar-refractivity contribution in [1.29, 1.82) is 0 Å². The third kappa shape index (κ3) is 3.92. The summed E-state index contributed by atoms with van der Waals surface area (Å²) in [5.41, 5.74) is 1.22. The summed E-state index contributed by atoms with van der Waals surface area (Å²) in [4.78, 5) is 36.0. The Hall–Kier alpha value is -2.83. The maximum absolute atomic E-state index is 12.1. The lowest BCUT2D eigenvalue weighted by Crippen LogP contribution is -2.51. The molecule has 1 aliphatic heterocycles. The molecule has 0 bridgehead atoms. The lowest BCUT2D eigenvalue weighted by molar-refractivity contribution is -0.134. The summed E-state index contributed by atoms with van der Waals surface area (Å²) >= 11 is 0. The molecule has 1 unspecified atom stereocenters. The number of benzene rings is 1. The lowest BCUT2D eigenvalue weighted by atomic mass is 10.0. The minimum Gasteiger partial charge on any atom is -0.501 e. The zero-order chi connectivity index (χ0) is 17.5. The monoisotopic (exact) mass is 332 g/mol. The van der Waals surface area contributed by atoms with Crippen molar-refractivity contribution in [3.8, 4) is 5.75 Å². The van der Waals surface area contributed by atoms with E-state index in [4.69, 9.17) is 9.47 Å². The van der Waals surface area contributed by atoms with Crippen molar-refractivity contribution in [2.75, 3.05) is 18.6 Å². The van der Waals surface area contributed by atoms with E-state index in [-0.39, 0.29) is 18.2 Å². The molecule has 7 heteroatoms. The van der Waals surface area contributed by atoms with Crippen LogP contribution in [0.5, 0.6) is 5.75 Å². The van der Waals surface area contributed by atoms with Crippen molar-refractivity contribution in [2.24, 2.45) is 0 Å². The second kappa shape index (κ2) is 8.14. The molecule has 1 aromatic carbocycles. The molecule has 1 heterocycles. The van der Waals surface area contributed by atoms with Gasteiger partial charge in [0.2, 0.25) is 11.8 Å². The number of nitrogens with one attached hydrogen (secondary N) is 1. The first-order valence-electron chi connectivity index (χ1n) is 7.66. The number of para-hydroxylation sites is 1. The van der Waals surface area contributed by atoms with Gasteiger partial charge in [-0.15, -0.1) is 0 Å². The minimum atomic E-state index is -0.511. The molecular weight excluding hydrogens is 312 g/mol. The van der Waals surface area contributed by atoms with E-state index in [9.17, 15) is 14.4 Å². The fraction of sp³-hybridized carbons (Fsp3) is 0.353. The Bertz CT molecular complexity index is 656. The molecule has 128 valence electrons. The highest BCUT2D eigenvalue weighted by Gasteiger charge is 2.31. The zero-order valence-corrected chi connectivity index (χ0v) is 13.7. The second-order valence-corrected chi connectivity index (χ2v) is 5.25. The minimum absolute atomic E-state index is 0.272. The molecule has 0 saturated carbocycles. The highest BCUT2D eigenvalue weighted by molar-refractivity contribution is 6.01. The van der Waals surface area contributed by atoms with Crippen LogP contribution in [0, 0.1) is 0 Å². The maximum atomic E-state index is 12.1.